The second kappa shape index (κ2) is 35.0. The molecule has 11 atom stereocenters. The molecule has 4 aliphatic rings. The largest absolute Gasteiger partial charge is 0.394 e. The summed E-state index contributed by atoms with van der Waals surface area (Å²) in [5.41, 5.74) is 4.27. The van der Waals surface area contributed by atoms with Crippen LogP contribution in [-0.2, 0) is 43.7 Å². The third-order valence-corrected chi connectivity index (χ3v) is 20.9. The van der Waals surface area contributed by atoms with Crippen LogP contribution in [0.3, 0.4) is 0 Å². The SMILES string of the molecule is CN(C)P(=O)(Cl)Cl.[B]C1CN(C(c2ccccc2)(c2ccccc2)c2ccccc2)CC(CO)O1.[B]C1CN(C(c2ccccc2)(c2ccccc2)c2ccccc2)CC(COP(=O)(Cl)N(C)C)O1.[B]C1C[NH2+]CC(CO)O1.[B]C1OC(CO)C(C)(O)C1O. The number of quaternary nitrogens is 1. The van der Waals surface area contributed by atoms with Crippen molar-refractivity contribution in [2.45, 2.75) is 78.1 Å². The van der Waals surface area contributed by atoms with Gasteiger partial charge in [-0.05, 0) is 102 Å². The van der Waals surface area contributed by atoms with Crippen molar-refractivity contribution in [3.8, 4) is 0 Å². The van der Waals surface area contributed by atoms with Gasteiger partial charge in [0.15, 0.2) is 0 Å². The maximum atomic E-state index is 12.5. The molecule has 26 heteroatoms. The predicted octanol–water partition coefficient (Wildman–Crippen LogP) is 5.82. The Hall–Kier alpha value is -3.69. The van der Waals surface area contributed by atoms with E-state index in [0.29, 0.717) is 26.2 Å². The van der Waals surface area contributed by atoms with Gasteiger partial charge in [0.05, 0.1) is 62.3 Å². The van der Waals surface area contributed by atoms with Crippen LogP contribution < -0.4 is 5.32 Å². The van der Waals surface area contributed by atoms with E-state index >= 15 is 0 Å². The van der Waals surface area contributed by atoms with E-state index in [1.807, 2.05) is 36.4 Å². The Morgan fingerprint density at radius 2 is 0.854 bits per heavy atom. The number of nitrogens with zero attached hydrogens (tertiary/aromatic N) is 4. The van der Waals surface area contributed by atoms with Crippen LogP contribution in [0, 0.1) is 0 Å². The summed E-state index contributed by atoms with van der Waals surface area (Å²) in [6, 6.07) is 60.6. The molecule has 0 saturated carbocycles. The normalized spacial score (nSPS) is 25.7. The highest BCUT2D eigenvalue weighted by Crippen LogP contribution is 2.58. The molecule has 4 heterocycles. The van der Waals surface area contributed by atoms with Gasteiger partial charge in [0.1, 0.15) is 61.8 Å². The van der Waals surface area contributed by atoms with Crippen molar-refractivity contribution < 1.29 is 63.5 Å². The van der Waals surface area contributed by atoms with Crippen LogP contribution in [0.15, 0.2) is 182 Å². The number of nitrogens with two attached hydrogens (primary N) is 1. The molecule has 6 aromatic carbocycles. The van der Waals surface area contributed by atoms with Crippen LogP contribution in [0.4, 0.5) is 0 Å². The van der Waals surface area contributed by atoms with E-state index < -0.39 is 65.9 Å². The zero-order chi connectivity index (χ0) is 65.0. The van der Waals surface area contributed by atoms with Crippen LogP contribution in [0.5, 0.6) is 0 Å². The summed E-state index contributed by atoms with van der Waals surface area (Å²) in [5.74, 6) is -2.96. The smallest absolute Gasteiger partial charge is 0.362 e. The molecular formula is C63H81B4Cl3N5O12P2+. The number of halogens is 3. The molecule has 17 nitrogen and oxygen atoms in total. The lowest BCUT2D eigenvalue weighted by Crippen LogP contribution is -2.91. The van der Waals surface area contributed by atoms with Gasteiger partial charge in [0.2, 0.25) is 0 Å². The molecular weight excluding hydrogens is 1230 g/mol. The topological polar surface area (TPSA) is 211 Å². The minimum Gasteiger partial charge on any atom is -0.394 e. The average molecular weight is 1310 g/mol. The second-order valence-electron chi connectivity index (χ2n) is 22.3. The Bertz CT molecular complexity index is 2890. The lowest BCUT2D eigenvalue weighted by molar-refractivity contribution is -0.680. The minimum atomic E-state index is -3.42. The highest BCUT2D eigenvalue weighted by Gasteiger charge is 2.50. The average Bonchev–Trinajstić information content (AvgIpc) is 1.53. The van der Waals surface area contributed by atoms with E-state index in [0.717, 1.165) is 46.5 Å². The second-order valence-corrected chi connectivity index (χ2v) is 30.4. The van der Waals surface area contributed by atoms with Crippen LogP contribution in [0.1, 0.15) is 40.3 Å². The Kier molecular flexibility index (Phi) is 29.2. The number of aliphatic hydroxyl groups is 5. The van der Waals surface area contributed by atoms with E-state index in [4.69, 9.17) is 98.8 Å². The number of morpholine rings is 3. The number of aliphatic hydroxyl groups excluding tert-OH is 4. The van der Waals surface area contributed by atoms with Crippen LogP contribution in [-0.4, -0.2) is 230 Å². The van der Waals surface area contributed by atoms with Gasteiger partial charge in [-0.25, -0.2) is 9.34 Å². The zero-order valence-electron chi connectivity index (χ0n) is 50.9. The fraction of sp³-hybridized carbons (Fsp3) is 0.429. The number of benzene rings is 6. The number of rotatable bonds is 16. The highest BCUT2D eigenvalue weighted by molar-refractivity contribution is 8.06. The Morgan fingerprint density at radius 1 is 0.528 bits per heavy atom. The molecule has 6 aromatic rings. The van der Waals surface area contributed by atoms with Crippen molar-refractivity contribution in [2.24, 2.45) is 0 Å². The summed E-state index contributed by atoms with van der Waals surface area (Å²) in [5, 5.41) is 47.8. The van der Waals surface area contributed by atoms with Crippen LogP contribution >= 0.6 is 46.6 Å². The van der Waals surface area contributed by atoms with Gasteiger partial charge in [-0.1, -0.05) is 182 Å². The van der Waals surface area contributed by atoms with Gasteiger partial charge in [0, 0.05) is 44.2 Å². The predicted molar refractivity (Wildman–Crippen MR) is 355 cm³/mol. The maximum absolute atomic E-state index is 12.5. The molecule has 0 bridgehead atoms. The molecule has 0 aromatic heterocycles. The summed E-state index contributed by atoms with van der Waals surface area (Å²) in [7, 11) is 29.7. The number of hydrogen-bond acceptors (Lipinski definition) is 14. The van der Waals surface area contributed by atoms with Crippen molar-refractivity contribution in [1.82, 2.24) is 19.1 Å². The van der Waals surface area contributed by atoms with Gasteiger partial charge in [-0.3, -0.25) is 18.9 Å². The first kappa shape index (κ1) is 74.4. The van der Waals surface area contributed by atoms with E-state index in [1.165, 1.54) is 16.3 Å². The van der Waals surface area contributed by atoms with Gasteiger partial charge in [-0.15, -0.1) is 0 Å². The molecule has 472 valence electrons. The van der Waals surface area contributed by atoms with Gasteiger partial charge in [-0.2, -0.15) is 0 Å². The number of hydrogen-bond donors (Lipinski definition) is 6. The summed E-state index contributed by atoms with van der Waals surface area (Å²) in [6.45, 7) is 1.48. The van der Waals surface area contributed by atoms with Crippen molar-refractivity contribution >= 4 is 78.0 Å². The van der Waals surface area contributed by atoms with E-state index in [2.05, 4.69) is 161 Å². The van der Waals surface area contributed by atoms with Gasteiger partial charge in [0.25, 0.3) is 0 Å². The summed E-state index contributed by atoms with van der Waals surface area (Å²) in [6.07, 6.45) is -2.73. The molecule has 7 N–H and O–H groups in total. The van der Waals surface area contributed by atoms with E-state index in [-0.39, 0.29) is 44.6 Å². The molecule has 11 unspecified atom stereocenters. The molecule has 0 amide bonds. The third kappa shape index (κ3) is 19.7. The zero-order valence-corrected chi connectivity index (χ0v) is 54.9. The lowest BCUT2D eigenvalue weighted by atomic mass is 9.74. The van der Waals surface area contributed by atoms with E-state index in [1.54, 1.807) is 28.2 Å². The fourth-order valence-corrected chi connectivity index (χ4v) is 11.8. The summed E-state index contributed by atoms with van der Waals surface area (Å²) < 4.78 is 52.9. The van der Waals surface area contributed by atoms with Crippen LogP contribution in [0.25, 0.3) is 0 Å². The monoisotopic (exact) mass is 1310 g/mol. The van der Waals surface area contributed by atoms with Gasteiger partial charge >= 0.3 is 12.9 Å². The maximum Gasteiger partial charge on any atom is 0.362 e. The molecule has 0 spiro atoms. The third-order valence-electron chi connectivity index (χ3n) is 15.5. The summed E-state index contributed by atoms with van der Waals surface area (Å²) >= 11 is 16.3. The molecule has 0 aliphatic carbocycles. The summed E-state index contributed by atoms with van der Waals surface area (Å²) in [4.78, 5) is 4.69. The Labute approximate surface area is 544 Å². The Balaban J connectivity index is 0.000000202. The Morgan fingerprint density at radius 3 is 1.11 bits per heavy atom. The van der Waals surface area contributed by atoms with Crippen LogP contribution in [0.2, 0.25) is 0 Å². The van der Waals surface area contributed by atoms with Crippen molar-refractivity contribution in [1.29, 1.82) is 0 Å². The first-order valence-electron chi connectivity index (χ1n) is 29.2. The lowest BCUT2D eigenvalue weighted by Gasteiger charge is -2.50. The fourth-order valence-electron chi connectivity index (χ4n) is 11.0. The van der Waals surface area contributed by atoms with Gasteiger partial charge < -0.3 is 54.3 Å². The molecule has 8 radical (unpaired) electrons. The molecule has 4 saturated heterocycles. The number of ether oxygens (including phenoxy) is 4. The van der Waals surface area contributed by atoms with E-state index in [9.17, 15) is 24.4 Å². The standard InChI is InChI=1S/C26H29BClN2O3P.C24H24BNO2.C6H11BO4.C5H10BNO2.C2H6Cl2NOP/c1-29(2)34(28,31)32-20-24-18-30(19-25(27)33-24)26(21-12-6-3-7-13-21,22-14-8-4-9-15-22)23-16-10-5-11-17-23;25-23-17-26(16-22(18-27)28-23)24(19-10-4-1-5-11-19,20-12-6-2-7-13-20)21-14-8-3-9-15-21;1-6(10)3(2-8)11-5(7)4(6)9;6-5-2-7-1-4(3-8)9-5;1-5(2)7(3,4)6/h3-17,24-25H,18-20H2,1-2H3;1-15,22-23,27H,16-18H2;3-5,8-10H,2H2,1H3;4-5,7-8H,1-3H2;1-2H3/p+1. The molecule has 89 heavy (non-hydrogen) atoms. The minimum absolute atomic E-state index is 0.0569. The van der Waals surface area contributed by atoms with Crippen molar-refractivity contribution in [2.75, 3.05) is 93.9 Å². The first-order valence-corrected chi connectivity index (χ1v) is 35.1. The first-order chi connectivity index (χ1) is 42.3. The van der Waals surface area contributed by atoms with Crippen molar-refractivity contribution in [3.05, 3.63) is 215 Å². The molecule has 10 rings (SSSR count). The quantitative estimate of drug-likeness (QED) is 0.0383. The highest BCUT2D eigenvalue weighted by atomic mass is 35.9. The van der Waals surface area contributed by atoms with Crippen molar-refractivity contribution in [3.63, 3.8) is 0 Å². The molecule has 4 aliphatic heterocycles. The molecule has 4 fully saturated rings.